The van der Waals surface area contributed by atoms with Gasteiger partial charge in [0, 0.05) is 50.5 Å². The molecule has 0 aromatic carbocycles. The van der Waals surface area contributed by atoms with Gasteiger partial charge in [-0.1, -0.05) is 6.07 Å². The molecule has 0 amide bonds. The highest BCUT2D eigenvalue weighted by molar-refractivity contribution is 5.80. The third-order valence-electron chi connectivity index (χ3n) is 6.00. The third-order valence-corrected chi connectivity index (χ3v) is 6.00. The molecule has 26 heavy (non-hydrogen) atoms. The fraction of sp³-hybridized carbons (Fsp3) is 0.700. The number of hydrogen-bond acceptors (Lipinski definition) is 4. The van der Waals surface area contributed by atoms with Crippen LogP contribution >= 0.6 is 0 Å². The van der Waals surface area contributed by atoms with E-state index in [4.69, 9.17) is 9.47 Å². The van der Waals surface area contributed by atoms with Gasteiger partial charge in [-0.2, -0.15) is 0 Å². The van der Waals surface area contributed by atoms with Crippen molar-refractivity contribution in [1.29, 1.82) is 0 Å². The van der Waals surface area contributed by atoms with Crippen molar-refractivity contribution in [3.8, 4) is 5.88 Å². The van der Waals surface area contributed by atoms with E-state index >= 15 is 0 Å². The van der Waals surface area contributed by atoms with Crippen molar-refractivity contribution in [2.24, 2.45) is 10.4 Å². The Kier molecular flexibility index (Phi) is 5.29. The van der Waals surface area contributed by atoms with E-state index in [1.54, 1.807) is 0 Å². The topological polar surface area (TPSA) is 59.0 Å². The Morgan fingerprint density at radius 1 is 1.42 bits per heavy atom. The molecule has 3 aliphatic rings. The minimum atomic E-state index is 0.323. The van der Waals surface area contributed by atoms with Gasteiger partial charge in [0.2, 0.25) is 5.88 Å². The number of hydrogen-bond donors (Lipinski definition) is 1. The molecule has 0 radical (unpaired) electrons. The molecular weight excluding hydrogens is 328 g/mol. The van der Waals surface area contributed by atoms with Crippen LogP contribution in [0.5, 0.6) is 5.88 Å². The number of pyridine rings is 1. The summed E-state index contributed by atoms with van der Waals surface area (Å²) in [5.41, 5.74) is 1.43. The molecule has 6 heteroatoms. The van der Waals surface area contributed by atoms with Gasteiger partial charge >= 0.3 is 0 Å². The van der Waals surface area contributed by atoms with Crippen LogP contribution in [0.25, 0.3) is 0 Å². The molecule has 4 rings (SSSR count). The molecule has 1 unspecified atom stereocenters. The Balaban J connectivity index is 1.37. The van der Waals surface area contributed by atoms with E-state index in [1.165, 1.54) is 25.7 Å². The Morgan fingerprint density at radius 2 is 2.31 bits per heavy atom. The SMILES string of the molecule is CN=C(NCc1cccnc1OC1CCCC1)N1CCC2(CCOC2)C1. The second-order valence-electron chi connectivity index (χ2n) is 7.87. The minimum absolute atomic E-state index is 0.323. The van der Waals surface area contributed by atoms with Crippen LogP contribution < -0.4 is 10.1 Å². The summed E-state index contributed by atoms with van der Waals surface area (Å²) in [6.07, 6.45) is 9.30. The smallest absolute Gasteiger partial charge is 0.218 e. The standard InChI is InChI=1S/C20H30N4O2/c1-21-19(24-11-8-20(14-24)9-12-25-15-20)23-13-16-5-4-10-22-18(16)26-17-6-2-3-7-17/h4-5,10,17H,2-3,6-9,11-15H2,1H3,(H,21,23). The number of guanidine groups is 1. The van der Waals surface area contributed by atoms with Crippen LogP contribution in [0.2, 0.25) is 0 Å². The van der Waals surface area contributed by atoms with Gasteiger partial charge in [0.15, 0.2) is 5.96 Å². The maximum absolute atomic E-state index is 6.15. The fourth-order valence-corrected chi connectivity index (χ4v) is 4.42. The first kappa shape index (κ1) is 17.6. The highest BCUT2D eigenvalue weighted by atomic mass is 16.5. The Bertz CT molecular complexity index is 636. The van der Waals surface area contributed by atoms with Crippen LogP contribution in [0.3, 0.4) is 0 Å². The number of ether oxygens (including phenoxy) is 2. The van der Waals surface area contributed by atoms with Gasteiger partial charge in [0.25, 0.3) is 0 Å². The van der Waals surface area contributed by atoms with E-state index in [9.17, 15) is 0 Å². The summed E-state index contributed by atoms with van der Waals surface area (Å²) >= 11 is 0. The summed E-state index contributed by atoms with van der Waals surface area (Å²) in [6.45, 7) is 4.55. The molecule has 1 N–H and O–H groups in total. The van der Waals surface area contributed by atoms with E-state index < -0.39 is 0 Å². The van der Waals surface area contributed by atoms with Crippen molar-refractivity contribution in [3.63, 3.8) is 0 Å². The lowest BCUT2D eigenvalue weighted by Crippen LogP contribution is -2.41. The lowest BCUT2D eigenvalue weighted by atomic mass is 9.87. The average Bonchev–Trinajstić information content (AvgIpc) is 3.41. The van der Waals surface area contributed by atoms with E-state index in [2.05, 4.69) is 26.3 Å². The predicted octanol–water partition coefficient (Wildman–Crippen LogP) is 2.59. The summed E-state index contributed by atoms with van der Waals surface area (Å²) in [6, 6.07) is 4.07. The first-order chi connectivity index (χ1) is 12.8. The third kappa shape index (κ3) is 3.80. The van der Waals surface area contributed by atoms with E-state index in [1.807, 2.05) is 19.3 Å². The lowest BCUT2D eigenvalue weighted by Gasteiger charge is -2.25. The first-order valence-electron chi connectivity index (χ1n) is 9.92. The molecule has 0 bridgehead atoms. The molecule has 3 fully saturated rings. The van der Waals surface area contributed by atoms with Crippen LogP contribution in [0.1, 0.15) is 44.1 Å². The minimum Gasteiger partial charge on any atom is -0.474 e. The zero-order valence-electron chi connectivity index (χ0n) is 15.7. The molecule has 3 heterocycles. The normalized spacial score (nSPS) is 26.8. The van der Waals surface area contributed by atoms with Crippen molar-refractivity contribution in [1.82, 2.24) is 15.2 Å². The first-order valence-corrected chi connectivity index (χ1v) is 9.92. The van der Waals surface area contributed by atoms with Crippen molar-refractivity contribution >= 4 is 5.96 Å². The predicted molar refractivity (Wildman–Crippen MR) is 101 cm³/mol. The average molecular weight is 358 g/mol. The van der Waals surface area contributed by atoms with Gasteiger partial charge in [0.05, 0.1) is 6.61 Å². The largest absolute Gasteiger partial charge is 0.474 e. The molecule has 1 spiro atoms. The summed E-state index contributed by atoms with van der Waals surface area (Å²) in [4.78, 5) is 11.3. The van der Waals surface area contributed by atoms with Gasteiger partial charge in [-0.25, -0.2) is 4.98 Å². The zero-order chi connectivity index (χ0) is 17.8. The number of likely N-dealkylation sites (tertiary alicyclic amines) is 1. The molecule has 1 aromatic heterocycles. The number of nitrogens with zero attached hydrogens (tertiary/aromatic N) is 3. The molecule has 1 aliphatic carbocycles. The van der Waals surface area contributed by atoms with Crippen molar-refractivity contribution in [2.75, 3.05) is 33.4 Å². The van der Waals surface area contributed by atoms with Crippen LogP contribution in [0.15, 0.2) is 23.3 Å². The van der Waals surface area contributed by atoms with Crippen molar-refractivity contribution in [3.05, 3.63) is 23.9 Å². The summed E-state index contributed by atoms with van der Waals surface area (Å²) in [5.74, 6) is 1.73. The van der Waals surface area contributed by atoms with Crippen molar-refractivity contribution in [2.45, 2.75) is 51.2 Å². The number of aromatic nitrogens is 1. The Labute approximate surface area is 156 Å². The molecule has 2 saturated heterocycles. The van der Waals surface area contributed by atoms with Gasteiger partial charge < -0.3 is 19.7 Å². The van der Waals surface area contributed by atoms with Gasteiger partial charge in [0.1, 0.15) is 6.10 Å². The van der Waals surface area contributed by atoms with Crippen LogP contribution in [-0.2, 0) is 11.3 Å². The molecule has 1 atom stereocenters. The monoisotopic (exact) mass is 358 g/mol. The van der Waals surface area contributed by atoms with Crippen molar-refractivity contribution < 1.29 is 9.47 Å². The molecule has 1 saturated carbocycles. The highest BCUT2D eigenvalue weighted by Gasteiger charge is 2.42. The van der Waals surface area contributed by atoms with Gasteiger partial charge in [-0.3, -0.25) is 4.99 Å². The maximum Gasteiger partial charge on any atom is 0.218 e. The number of aliphatic imine (C=N–C) groups is 1. The van der Waals surface area contributed by atoms with Gasteiger partial charge in [-0.05, 0) is 44.6 Å². The van der Waals surface area contributed by atoms with Gasteiger partial charge in [-0.15, -0.1) is 0 Å². The Hall–Kier alpha value is -1.82. The second kappa shape index (κ2) is 7.82. The summed E-state index contributed by atoms with van der Waals surface area (Å²) < 4.78 is 11.8. The fourth-order valence-electron chi connectivity index (χ4n) is 4.42. The quantitative estimate of drug-likeness (QED) is 0.662. The molecule has 2 aliphatic heterocycles. The van der Waals surface area contributed by atoms with E-state index in [0.29, 0.717) is 18.1 Å². The molecule has 142 valence electrons. The summed E-state index contributed by atoms with van der Waals surface area (Å²) in [7, 11) is 1.86. The second-order valence-corrected chi connectivity index (χ2v) is 7.87. The zero-order valence-corrected chi connectivity index (χ0v) is 15.7. The van der Waals surface area contributed by atoms with Crippen LogP contribution in [-0.4, -0.2) is 55.3 Å². The van der Waals surface area contributed by atoms with Crippen LogP contribution in [0.4, 0.5) is 0 Å². The van der Waals surface area contributed by atoms with E-state index in [0.717, 1.165) is 56.5 Å². The summed E-state index contributed by atoms with van der Waals surface area (Å²) in [5, 5.41) is 3.51. The van der Waals surface area contributed by atoms with Crippen LogP contribution in [0, 0.1) is 5.41 Å². The number of rotatable bonds is 4. The Morgan fingerprint density at radius 3 is 3.08 bits per heavy atom. The molecule has 1 aromatic rings. The maximum atomic E-state index is 6.15. The molecular formula is C20H30N4O2. The van der Waals surface area contributed by atoms with E-state index in [-0.39, 0.29) is 0 Å². The number of nitrogens with one attached hydrogen (secondary N) is 1. The lowest BCUT2D eigenvalue weighted by molar-refractivity contribution is 0.156. The highest BCUT2D eigenvalue weighted by Crippen LogP contribution is 2.38. The molecule has 6 nitrogen and oxygen atoms in total.